The molecule has 0 radical (unpaired) electrons. The lowest BCUT2D eigenvalue weighted by molar-refractivity contribution is 0.0725. The van der Waals surface area contributed by atoms with Gasteiger partial charge in [-0.15, -0.1) is 0 Å². The minimum absolute atomic E-state index is 0.0641. The number of piperidine rings is 2. The molecule has 0 unspecified atom stereocenters. The summed E-state index contributed by atoms with van der Waals surface area (Å²) in [6.07, 6.45) is 6.65. The zero-order chi connectivity index (χ0) is 17.9. The molecule has 0 aromatic heterocycles. The lowest BCUT2D eigenvalue weighted by Gasteiger charge is -2.29. The summed E-state index contributed by atoms with van der Waals surface area (Å²) in [7, 11) is 0. The first kappa shape index (κ1) is 17.1. The average molecular weight is 350 g/mol. The summed E-state index contributed by atoms with van der Waals surface area (Å²) in [5.74, 6) is 0.128. The van der Waals surface area contributed by atoms with Gasteiger partial charge in [-0.05, 0) is 56.0 Å². The molecule has 2 aliphatic rings. The number of amides is 2. The molecule has 0 aliphatic carbocycles. The van der Waals surface area contributed by atoms with Crippen molar-refractivity contribution in [2.75, 3.05) is 26.2 Å². The Morgan fingerprint density at radius 3 is 1.46 bits per heavy atom. The average Bonchev–Trinajstić information content (AvgIpc) is 2.73. The Morgan fingerprint density at radius 1 is 0.615 bits per heavy atom. The van der Waals surface area contributed by atoms with E-state index >= 15 is 0 Å². The molecule has 4 nitrogen and oxygen atoms in total. The van der Waals surface area contributed by atoms with E-state index in [9.17, 15) is 9.59 Å². The molecule has 2 saturated heterocycles. The topological polar surface area (TPSA) is 40.6 Å². The fraction of sp³-hybridized carbons (Fsp3) is 0.455. The summed E-state index contributed by atoms with van der Waals surface area (Å²) in [4.78, 5) is 30.2. The normalized spacial score (nSPS) is 18.2. The van der Waals surface area contributed by atoms with Crippen molar-refractivity contribution >= 4 is 22.6 Å². The van der Waals surface area contributed by atoms with E-state index in [0.717, 1.165) is 62.6 Å². The van der Waals surface area contributed by atoms with Crippen LogP contribution in [0.15, 0.2) is 36.4 Å². The number of carbonyl (C=O) groups excluding carboxylic acids is 2. The first-order chi connectivity index (χ1) is 12.8. The van der Waals surface area contributed by atoms with Crippen LogP contribution in [0.4, 0.5) is 0 Å². The van der Waals surface area contributed by atoms with Crippen LogP contribution >= 0.6 is 0 Å². The monoisotopic (exact) mass is 350 g/mol. The van der Waals surface area contributed by atoms with Crippen LogP contribution in [0, 0.1) is 0 Å². The maximum absolute atomic E-state index is 13.2. The van der Waals surface area contributed by atoms with Crippen LogP contribution in [0.3, 0.4) is 0 Å². The number of hydrogen-bond acceptors (Lipinski definition) is 2. The van der Waals surface area contributed by atoms with Gasteiger partial charge in [-0.3, -0.25) is 9.59 Å². The van der Waals surface area contributed by atoms with E-state index in [1.165, 1.54) is 12.8 Å². The van der Waals surface area contributed by atoms with Crippen LogP contribution in [0.2, 0.25) is 0 Å². The summed E-state index contributed by atoms with van der Waals surface area (Å²) < 4.78 is 0. The largest absolute Gasteiger partial charge is 0.339 e. The van der Waals surface area contributed by atoms with Crippen LogP contribution in [-0.4, -0.2) is 47.8 Å². The van der Waals surface area contributed by atoms with Crippen molar-refractivity contribution < 1.29 is 9.59 Å². The minimum atomic E-state index is 0.0641. The standard InChI is InChI=1S/C22H26N2O2/c25-21(23-13-3-1-4-14-23)18-11-7-9-17-10-8-12-19(20(17)18)22(26)24-15-5-2-6-16-24/h7-12H,1-6,13-16H2. The van der Waals surface area contributed by atoms with E-state index in [1.54, 1.807) is 0 Å². The Morgan fingerprint density at radius 2 is 1.04 bits per heavy atom. The predicted octanol–water partition coefficient (Wildman–Crippen LogP) is 4.09. The number of hydrogen-bond donors (Lipinski definition) is 0. The van der Waals surface area contributed by atoms with Gasteiger partial charge in [-0.2, -0.15) is 0 Å². The first-order valence-electron chi connectivity index (χ1n) is 9.86. The molecule has 2 aliphatic heterocycles. The molecule has 0 saturated carbocycles. The van der Waals surface area contributed by atoms with Crippen LogP contribution < -0.4 is 0 Å². The van der Waals surface area contributed by atoms with E-state index < -0.39 is 0 Å². The molecule has 0 atom stereocenters. The zero-order valence-electron chi connectivity index (χ0n) is 15.2. The molecular formula is C22H26N2O2. The highest BCUT2D eigenvalue weighted by molar-refractivity contribution is 6.15. The second kappa shape index (κ2) is 7.48. The van der Waals surface area contributed by atoms with Crippen molar-refractivity contribution in [3.63, 3.8) is 0 Å². The molecular weight excluding hydrogens is 324 g/mol. The van der Waals surface area contributed by atoms with Crippen molar-refractivity contribution in [2.45, 2.75) is 38.5 Å². The van der Waals surface area contributed by atoms with Crippen molar-refractivity contribution in [3.8, 4) is 0 Å². The van der Waals surface area contributed by atoms with E-state index in [-0.39, 0.29) is 11.8 Å². The molecule has 4 rings (SSSR count). The maximum Gasteiger partial charge on any atom is 0.254 e. The van der Waals surface area contributed by atoms with E-state index in [1.807, 2.05) is 46.2 Å². The van der Waals surface area contributed by atoms with Gasteiger partial charge in [-0.1, -0.05) is 24.3 Å². The SMILES string of the molecule is O=C(c1cccc2cccc(C(=O)N3CCCCC3)c12)N1CCCCC1. The van der Waals surface area contributed by atoms with Crippen LogP contribution in [0.25, 0.3) is 10.8 Å². The third-order valence-electron chi connectivity index (χ3n) is 5.65. The minimum Gasteiger partial charge on any atom is -0.339 e. The van der Waals surface area contributed by atoms with Gasteiger partial charge < -0.3 is 9.80 Å². The van der Waals surface area contributed by atoms with Crippen LogP contribution in [-0.2, 0) is 0 Å². The maximum atomic E-state index is 13.2. The van der Waals surface area contributed by atoms with Gasteiger partial charge in [0.1, 0.15) is 0 Å². The first-order valence-corrected chi connectivity index (χ1v) is 9.86. The van der Waals surface area contributed by atoms with Gasteiger partial charge in [0.05, 0.1) is 0 Å². The van der Waals surface area contributed by atoms with E-state index in [2.05, 4.69) is 0 Å². The number of likely N-dealkylation sites (tertiary alicyclic amines) is 2. The Balaban J connectivity index is 1.76. The Bertz CT molecular complexity index is 753. The molecule has 0 bridgehead atoms. The lowest BCUT2D eigenvalue weighted by Crippen LogP contribution is -2.37. The zero-order valence-corrected chi connectivity index (χ0v) is 15.2. The number of benzene rings is 2. The number of fused-ring (bicyclic) bond motifs is 1. The molecule has 0 N–H and O–H groups in total. The van der Waals surface area contributed by atoms with Gasteiger partial charge in [0.25, 0.3) is 11.8 Å². The number of rotatable bonds is 2. The fourth-order valence-electron chi connectivity index (χ4n) is 4.23. The highest BCUT2D eigenvalue weighted by Crippen LogP contribution is 2.27. The Kier molecular flexibility index (Phi) is 4.91. The number of carbonyl (C=O) groups is 2. The molecule has 26 heavy (non-hydrogen) atoms. The van der Waals surface area contributed by atoms with Crippen molar-refractivity contribution in [2.24, 2.45) is 0 Å². The molecule has 0 spiro atoms. The Labute approximate surface area is 154 Å². The number of nitrogens with zero attached hydrogens (tertiary/aromatic N) is 2. The van der Waals surface area contributed by atoms with E-state index in [4.69, 9.17) is 0 Å². The molecule has 2 fully saturated rings. The van der Waals surface area contributed by atoms with Crippen LogP contribution in [0.1, 0.15) is 59.2 Å². The van der Waals surface area contributed by atoms with Gasteiger partial charge in [0.15, 0.2) is 0 Å². The third kappa shape index (κ3) is 3.20. The van der Waals surface area contributed by atoms with Crippen molar-refractivity contribution in [1.29, 1.82) is 0 Å². The van der Waals surface area contributed by atoms with Gasteiger partial charge in [0, 0.05) is 42.7 Å². The summed E-state index contributed by atoms with van der Waals surface area (Å²) in [6, 6.07) is 11.6. The molecule has 2 aromatic carbocycles. The molecule has 2 aromatic rings. The van der Waals surface area contributed by atoms with E-state index in [0.29, 0.717) is 11.1 Å². The summed E-state index contributed by atoms with van der Waals surface area (Å²) in [6.45, 7) is 3.27. The molecule has 136 valence electrons. The highest BCUT2D eigenvalue weighted by Gasteiger charge is 2.25. The second-order valence-corrected chi connectivity index (χ2v) is 7.41. The molecule has 2 amide bonds. The predicted molar refractivity (Wildman–Crippen MR) is 103 cm³/mol. The smallest absolute Gasteiger partial charge is 0.254 e. The Hall–Kier alpha value is -2.36. The molecule has 4 heteroatoms. The van der Waals surface area contributed by atoms with Crippen molar-refractivity contribution in [1.82, 2.24) is 9.80 Å². The molecule has 2 heterocycles. The quantitative estimate of drug-likeness (QED) is 0.818. The van der Waals surface area contributed by atoms with Crippen molar-refractivity contribution in [3.05, 3.63) is 47.5 Å². The van der Waals surface area contributed by atoms with Gasteiger partial charge in [-0.25, -0.2) is 0 Å². The van der Waals surface area contributed by atoms with Crippen LogP contribution in [0.5, 0.6) is 0 Å². The van der Waals surface area contributed by atoms with Gasteiger partial charge in [0.2, 0.25) is 0 Å². The summed E-state index contributed by atoms with van der Waals surface area (Å²) in [5.41, 5.74) is 1.34. The summed E-state index contributed by atoms with van der Waals surface area (Å²) >= 11 is 0. The summed E-state index contributed by atoms with van der Waals surface area (Å²) in [5, 5.41) is 1.79. The lowest BCUT2D eigenvalue weighted by atomic mass is 9.96. The second-order valence-electron chi connectivity index (χ2n) is 7.41. The van der Waals surface area contributed by atoms with Gasteiger partial charge >= 0.3 is 0 Å². The highest BCUT2D eigenvalue weighted by atomic mass is 16.2. The fourth-order valence-corrected chi connectivity index (χ4v) is 4.23. The third-order valence-corrected chi connectivity index (χ3v) is 5.65.